The number of hydrogen-bond donors (Lipinski definition) is 1. The number of nitrogens with one attached hydrogen (secondary N) is 1. The molecule has 1 saturated heterocycles. The maximum Gasteiger partial charge on any atom is 0.257 e. The van der Waals surface area contributed by atoms with Crippen LogP contribution in [-0.2, 0) is 11.2 Å². The van der Waals surface area contributed by atoms with Crippen LogP contribution in [0.5, 0.6) is 5.75 Å². The van der Waals surface area contributed by atoms with Gasteiger partial charge in [0.2, 0.25) is 17.7 Å². The van der Waals surface area contributed by atoms with E-state index in [0.29, 0.717) is 30.2 Å². The Morgan fingerprint density at radius 1 is 1.15 bits per heavy atom. The smallest absolute Gasteiger partial charge is 0.257 e. The van der Waals surface area contributed by atoms with Gasteiger partial charge in [0.05, 0.1) is 18.8 Å². The monoisotopic (exact) mass is 544 g/mol. The zero-order chi connectivity index (χ0) is 27.6. The third-order valence-electron chi connectivity index (χ3n) is 6.59. The first-order valence-electron chi connectivity index (χ1n) is 13.3. The first-order chi connectivity index (χ1) is 19.0. The van der Waals surface area contributed by atoms with Crippen molar-refractivity contribution in [3.63, 3.8) is 0 Å². The van der Waals surface area contributed by atoms with Crippen molar-refractivity contribution >= 4 is 11.9 Å². The van der Waals surface area contributed by atoms with E-state index in [9.17, 15) is 13.6 Å². The number of aromatic nitrogens is 4. The average Bonchev–Trinajstić information content (AvgIpc) is 3.40. The lowest BCUT2D eigenvalue weighted by atomic mass is 9.92. The summed E-state index contributed by atoms with van der Waals surface area (Å²) in [5, 5.41) is 6.41. The molecule has 0 spiro atoms. The van der Waals surface area contributed by atoms with Crippen LogP contribution in [0, 0.1) is 17.6 Å². The Morgan fingerprint density at radius 3 is 2.54 bits per heavy atom. The minimum Gasteiger partial charge on any atom is -0.493 e. The van der Waals surface area contributed by atoms with E-state index in [0.717, 1.165) is 69.3 Å². The summed E-state index contributed by atoms with van der Waals surface area (Å²) in [6.07, 6.45) is 8.80. The normalized spacial score (nSPS) is 14.0. The van der Waals surface area contributed by atoms with E-state index in [-0.39, 0.29) is 18.9 Å². The van der Waals surface area contributed by atoms with Crippen molar-refractivity contribution in [2.24, 2.45) is 5.92 Å². The summed E-state index contributed by atoms with van der Waals surface area (Å²) in [4.78, 5) is 27.5. The molecule has 39 heavy (non-hydrogen) atoms. The van der Waals surface area contributed by atoms with Crippen LogP contribution in [0.3, 0.4) is 0 Å². The third-order valence-corrected chi connectivity index (χ3v) is 6.59. The molecule has 0 bridgehead atoms. The van der Waals surface area contributed by atoms with Gasteiger partial charge in [0.1, 0.15) is 22.9 Å². The highest BCUT2D eigenvalue weighted by Gasteiger charge is 2.22. The van der Waals surface area contributed by atoms with E-state index >= 15 is 0 Å². The minimum atomic E-state index is -0.957. The molecular formula is C27H34F2N6O4. The van der Waals surface area contributed by atoms with Crippen LogP contribution in [0.2, 0.25) is 0 Å². The second-order valence-corrected chi connectivity index (χ2v) is 9.47. The molecule has 1 N–H and O–H groups in total. The predicted octanol–water partition coefficient (Wildman–Crippen LogP) is 4.21. The molecule has 0 unspecified atom stereocenters. The van der Waals surface area contributed by atoms with Crippen molar-refractivity contribution in [1.82, 2.24) is 25.4 Å². The third kappa shape index (κ3) is 7.69. The number of hydrogen-bond acceptors (Lipinski definition) is 9. The molecule has 1 aromatic carbocycles. The number of methoxy groups -OCH3 is 1. The van der Waals surface area contributed by atoms with Crippen molar-refractivity contribution in [3.05, 3.63) is 47.6 Å². The van der Waals surface area contributed by atoms with Gasteiger partial charge in [0, 0.05) is 57.7 Å². The van der Waals surface area contributed by atoms with Gasteiger partial charge in [0.25, 0.3) is 5.91 Å². The molecule has 210 valence electrons. The first-order valence-corrected chi connectivity index (χ1v) is 13.3. The van der Waals surface area contributed by atoms with E-state index in [1.165, 1.54) is 7.11 Å². The van der Waals surface area contributed by atoms with Gasteiger partial charge in [-0.05, 0) is 38.0 Å². The number of carbonyl (C=O) groups is 1. The van der Waals surface area contributed by atoms with E-state index in [1.54, 1.807) is 12.4 Å². The van der Waals surface area contributed by atoms with Crippen molar-refractivity contribution < 1.29 is 27.6 Å². The molecule has 3 heterocycles. The molecule has 1 aliphatic heterocycles. The second kappa shape index (κ2) is 13.9. The Bertz CT molecular complexity index is 1190. The van der Waals surface area contributed by atoms with Crippen molar-refractivity contribution in [2.45, 2.75) is 45.4 Å². The molecule has 1 fully saturated rings. The Balaban J connectivity index is 1.18. The number of aryl methyl sites for hydroxylation is 1. The summed E-state index contributed by atoms with van der Waals surface area (Å²) in [5.41, 5.74) is 0.0965. The Morgan fingerprint density at radius 2 is 1.87 bits per heavy atom. The highest BCUT2D eigenvalue weighted by atomic mass is 19.1. The molecule has 2 aromatic heterocycles. The molecule has 1 aliphatic rings. The number of amides is 1. The van der Waals surface area contributed by atoms with E-state index in [4.69, 9.17) is 14.0 Å². The van der Waals surface area contributed by atoms with E-state index in [1.807, 2.05) is 0 Å². The lowest BCUT2D eigenvalue weighted by molar-refractivity contribution is 0.0928. The summed E-state index contributed by atoms with van der Waals surface area (Å²) >= 11 is 0. The molecule has 0 radical (unpaired) electrons. The molecule has 1 amide bonds. The van der Waals surface area contributed by atoms with E-state index < -0.39 is 23.1 Å². The number of nitrogens with zero attached hydrogens (tertiary/aromatic N) is 5. The Hall–Kier alpha value is -3.67. The lowest BCUT2D eigenvalue weighted by Crippen LogP contribution is -2.34. The highest BCUT2D eigenvalue weighted by Crippen LogP contribution is 2.26. The van der Waals surface area contributed by atoms with Gasteiger partial charge >= 0.3 is 0 Å². The first kappa shape index (κ1) is 28.3. The number of benzene rings is 1. The van der Waals surface area contributed by atoms with Crippen LogP contribution in [0.4, 0.5) is 14.7 Å². The van der Waals surface area contributed by atoms with Gasteiger partial charge < -0.3 is 24.2 Å². The van der Waals surface area contributed by atoms with Gasteiger partial charge in [-0.3, -0.25) is 4.79 Å². The van der Waals surface area contributed by atoms with Crippen LogP contribution >= 0.6 is 0 Å². The molecule has 4 rings (SSSR count). The average molecular weight is 545 g/mol. The maximum absolute atomic E-state index is 14.3. The van der Waals surface area contributed by atoms with Gasteiger partial charge in [-0.1, -0.05) is 12.1 Å². The van der Waals surface area contributed by atoms with Gasteiger partial charge in [-0.25, -0.2) is 18.7 Å². The summed E-state index contributed by atoms with van der Waals surface area (Å²) < 4.78 is 44.3. The number of piperidine rings is 1. The fraction of sp³-hybridized carbons (Fsp3) is 0.519. The SMILES string of the molecule is CCCc1nc(-c2cnc(N3CCC(CCCOc4cc(F)c(C(=O)NCCOC)c(F)c4)CC3)nc2)no1. The van der Waals surface area contributed by atoms with Gasteiger partial charge in [-0.2, -0.15) is 4.98 Å². The quantitative estimate of drug-likeness (QED) is 0.316. The fourth-order valence-corrected chi connectivity index (χ4v) is 4.48. The summed E-state index contributed by atoms with van der Waals surface area (Å²) in [7, 11) is 1.47. The molecule has 12 heteroatoms. The Kier molecular flexibility index (Phi) is 10.1. The standard InChI is InChI=1S/C27H34F2N6O4/c1-3-5-23-33-25(34-39-23)19-16-31-27(32-17-19)35-10-7-18(8-11-35)6-4-12-38-20-14-21(28)24(22(29)15-20)26(36)30-9-13-37-2/h14-18H,3-13H2,1-2H3,(H,30,36). The molecule has 3 aromatic rings. The minimum absolute atomic E-state index is 0.0660. The number of carbonyl (C=O) groups excluding carboxylic acids is 1. The Labute approximate surface area is 226 Å². The summed E-state index contributed by atoms with van der Waals surface area (Å²) in [5.74, 6) is -0.368. The second-order valence-electron chi connectivity index (χ2n) is 9.47. The number of halogens is 2. The van der Waals surface area contributed by atoms with Crippen LogP contribution in [-0.4, -0.2) is 66.0 Å². The van der Waals surface area contributed by atoms with Gasteiger partial charge in [-0.15, -0.1) is 0 Å². The molecule has 0 aliphatic carbocycles. The zero-order valence-corrected chi connectivity index (χ0v) is 22.3. The zero-order valence-electron chi connectivity index (χ0n) is 22.3. The van der Waals surface area contributed by atoms with Crippen LogP contribution in [0.25, 0.3) is 11.4 Å². The molecule has 0 atom stereocenters. The number of anilines is 1. The van der Waals surface area contributed by atoms with Crippen LogP contribution in [0.1, 0.15) is 55.3 Å². The van der Waals surface area contributed by atoms with Crippen molar-refractivity contribution in [1.29, 1.82) is 0 Å². The molecule has 10 nitrogen and oxygen atoms in total. The highest BCUT2D eigenvalue weighted by molar-refractivity contribution is 5.94. The van der Waals surface area contributed by atoms with E-state index in [2.05, 4.69) is 37.2 Å². The summed E-state index contributed by atoms with van der Waals surface area (Å²) in [6.45, 7) is 4.49. The van der Waals surface area contributed by atoms with Crippen molar-refractivity contribution in [2.75, 3.05) is 44.9 Å². The van der Waals surface area contributed by atoms with Gasteiger partial charge in [0.15, 0.2) is 0 Å². The van der Waals surface area contributed by atoms with Crippen LogP contribution in [0.15, 0.2) is 29.0 Å². The summed E-state index contributed by atoms with van der Waals surface area (Å²) in [6, 6.07) is 2.09. The number of rotatable bonds is 13. The molecular weight excluding hydrogens is 510 g/mol. The van der Waals surface area contributed by atoms with Crippen molar-refractivity contribution in [3.8, 4) is 17.1 Å². The fourth-order valence-electron chi connectivity index (χ4n) is 4.48. The maximum atomic E-state index is 14.3. The topological polar surface area (TPSA) is 116 Å². The lowest BCUT2D eigenvalue weighted by Gasteiger charge is -2.32. The molecule has 0 saturated carbocycles. The predicted molar refractivity (Wildman–Crippen MR) is 140 cm³/mol. The van der Waals surface area contributed by atoms with Crippen LogP contribution < -0.4 is 15.0 Å². The largest absolute Gasteiger partial charge is 0.493 e. The number of ether oxygens (including phenoxy) is 2.